The van der Waals surface area contributed by atoms with Crippen LogP contribution in [0.4, 0.5) is 0 Å². The third-order valence-corrected chi connectivity index (χ3v) is 4.83. The topological polar surface area (TPSA) is 17.1 Å². The first kappa shape index (κ1) is 13.6. The average Bonchev–Trinajstić information content (AvgIpc) is 2.35. The number of hydrogen-bond donors (Lipinski definition) is 0. The van der Waals surface area contributed by atoms with Gasteiger partial charge < -0.3 is 0 Å². The summed E-state index contributed by atoms with van der Waals surface area (Å²) in [5.74, 6) is 1.86. The van der Waals surface area contributed by atoms with E-state index in [1.165, 1.54) is 0 Å². The zero-order valence-electron chi connectivity index (χ0n) is 11.4. The molecule has 1 aromatic rings. The van der Waals surface area contributed by atoms with Crippen molar-refractivity contribution >= 4 is 17.4 Å². The molecule has 0 spiro atoms. The van der Waals surface area contributed by atoms with E-state index < -0.39 is 0 Å². The fourth-order valence-electron chi connectivity index (χ4n) is 2.77. The van der Waals surface area contributed by atoms with Gasteiger partial charge in [0.05, 0.1) is 0 Å². The molecule has 1 aliphatic rings. The van der Waals surface area contributed by atoms with Crippen molar-refractivity contribution < 1.29 is 4.79 Å². The second-order valence-electron chi connectivity index (χ2n) is 5.79. The molecule has 0 bridgehead atoms. The predicted molar refractivity (Wildman–Crippen MR) is 76.2 cm³/mol. The molecule has 1 nitrogen and oxygen atoms in total. The molecule has 1 aliphatic carbocycles. The van der Waals surface area contributed by atoms with E-state index in [1.54, 1.807) is 0 Å². The van der Waals surface area contributed by atoms with Gasteiger partial charge in [-0.25, -0.2) is 0 Å². The highest BCUT2D eigenvalue weighted by Gasteiger charge is 2.29. The Hall–Kier alpha value is -0.820. The van der Waals surface area contributed by atoms with Gasteiger partial charge in [0.1, 0.15) is 0 Å². The van der Waals surface area contributed by atoms with Crippen LogP contribution in [0.2, 0.25) is 5.02 Å². The van der Waals surface area contributed by atoms with E-state index in [1.807, 2.05) is 25.1 Å². The van der Waals surface area contributed by atoms with Crippen LogP contribution in [0.15, 0.2) is 18.2 Å². The lowest BCUT2D eigenvalue weighted by molar-refractivity contribution is 0.0837. The van der Waals surface area contributed by atoms with Crippen molar-refractivity contribution in [2.24, 2.45) is 17.8 Å². The zero-order valence-corrected chi connectivity index (χ0v) is 12.1. The Bertz CT molecular complexity index is 452. The third-order valence-electron chi connectivity index (χ3n) is 4.43. The highest BCUT2D eigenvalue weighted by Crippen LogP contribution is 2.35. The molecule has 0 heterocycles. The quantitative estimate of drug-likeness (QED) is 0.694. The lowest BCUT2D eigenvalue weighted by Gasteiger charge is -2.31. The molecule has 3 unspecified atom stereocenters. The molecule has 1 aromatic carbocycles. The van der Waals surface area contributed by atoms with E-state index in [0.29, 0.717) is 10.9 Å². The van der Waals surface area contributed by atoms with Crippen LogP contribution in [0, 0.1) is 24.7 Å². The van der Waals surface area contributed by atoms with Crippen LogP contribution >= 0.6 is 11.6 Å². The smallest absolute Gasteiger partial charge is 0.166 e. The van der Waals surface area contributed by atoms with E-state index in [0.717, 1.165) is 36.3 Å². The molecule has 0 aromatic heterocycles. The molecular formula is C16H21ClO. The Kier molecular flexibility index (Phi) is 4.11. The molecule has 0 radical (unpaired) electrons. The van der Waals surface area contributed by atoms with E-state index in [-0.39, 0.29) is 11.7 Å². The highest BCUT2D eigenvalue weighted by atomic mass is 35.5. The summed E-state index contributed by atoms with van der Waals surface area (Å²) in [5, 5.41) is 0.693. The molecule has 18 heavy (non-hydrogen) atoms. The van der Waals surface area contributed by atoms with Crippen LogP contribution in [0.5, 0.6) is 0 Å². The van der Waals surface area contributed by atoms with Gasteiger partial charge in [0.25, 0.3) is 0 Å². The molecule has 0 aliphatic heterocycles. The van der Waals surface area contributed by atoms with Crippen molar-refractivity contribution in [3.63, 3.8) is 0 Å². The van der Waals surface area contributed by atoms with Crippen molar-refractivity contribution in [1.82, 2.24) is 0 Å². The van der Waals surface area contributed by atoms with Crippen molar-refractivity contribution in [1.29, 1.82) is 0 Å². The number of rotatable bonds is 2. The van der Waals surface area contributed by atoms with Crippen LogP contribution in [-0.2, 0) is 0 Å². The summed E-state index contributed by atoms with van der Waals surface area (Å²) in [4.78, 5) is 12.5. The standard InChI is InChI=1S/C16H21ClO/c1-10-4-6-13(8-12(10)3)16(18)14-7-5-11(2)15(17)9-14/h5,7,9-10,12-13H,4,6,8H2,1-3H3. The summed E-state index contributed by atoms with van der Waals surface area (Å²) >= 11 is 6.10. The Morgan fingerprint density at radius 2 is 1.94 bits per heavy atom. The highest BCUT2D eigenvalue weighted by molar-refractivity contribution is 6.31. The van der Waals surface area contributed by atoms with Gasteiger partial charge in [-0.15, -0.1) is 0 Å². The molecule has 1 fully saturated rings. The van der Waals surface area contributed by atoms with E-state index >= 15 is 0 Å². The molecule has 0 amide bonds. The number of benzene rings is 1. The average molecular weight is 265 g/mol. The molecule has 0 saturated heterocycles. The Labute approximate surface area is 115 Å². The number of hydrogen-bond acceptors (Lipinski definition) is 1. The number of carbonyl (C=O) groups is 1. The fourth-order valence-corrected chi connectivity index (χ4v) is 2.95. The second-order valence-corrected chi connectivity index (χ2v) is 6.20. The van der Waals surface area contributed by atoms with Gasteiger partial charge in [0, 0.05) is 16.5 Å². The fraction of sp³-hybridized carbons (Fsp3) is 0.562. The first-order valence-electron chi connectivity index (χ1n) is 6.79. The van der Waals surface area contributed by atoms with E-state index in [4.69, 9.17) is 11.6 Å². The van der Waals surface area contributed by atoms with Crippen molar-refractivity contribution in [3.8, 4) is 0 Å². The molecule has 3 atom stereocenters. The maximum absolute atomic E-state index is 12.5. The van der Waals surface area contributed by atoms with Crippen molar-refractivity contribution in [2.75, 3.05) is 0 Å². The Morgan fingerprint density at radius 3 is 2.56 bits per heavy atom. The van der Waals surface area contributed by atoms with Crippen molar-refractivity contribution in [2.45, 2.75) is 40.0 Å². The van der Waals surface area contributed by atoms with Crippen LogP contribution in [-0.4, -0.2) is 5.78 Å². The zero-order chi connectivity index (χ0) is 13.3. The molecule has 1 saturated carbocycles. The normalized spacial score (nSPS) is 28.1. The molecule has 0 N–H and O–H groups in total. The lowest BCUT2D eigenvalue weighted by atomic mass is 9.73. The SMILES string of the molecule is Cc1ccc(C(=O)C2CCC(C)C(C)C2)cc1Cl. The minimum absolute atomic E-state index is 0.190. The predicted octanol–water partition coefficient (Wildman–Crippen LogP) is 4.90. The number of carbonyl (C=O) groups excluding carboxylic acids is 1. The number of aryl methyl sites for hydroxylation is 1. The first-order chi connectivity index (χ1) is 8.49. The van der Waals surface area contributed by atoms with Gasteiger partial charge in [0.15, 0.2) is 5.78 Å². The molecule has 98 valence electrons. The van der Waals surface area contributed by atoms with Gasteiger partial charge in [-0.2, -0.15) is 0 Å². The maximum Gasteiger partial charge on any atom is 0.166 e. The molecule has 2 heteroatoms. The third kappa shape index (κ3) is 2.77. The Morgan fingerprint density at radius 1 is 1.22 bits per heavy atom. The van der Waals surface area contributed by atoms with Gasteiger partial charge in [0.2, 0.25) is 0 Å². The summed E-state index contributed by atoms with van der Waals surface area (Å²) in [6.07, 6.45) is 3.21. The van der Waals surface area contributed by atoms with Gasteiger partial charge >= 0.3 is 0 Å². The molecule has 2 rings (SSSR count). The number of Topliss-reactive ketones (excluding diaryl/α,β-unsaturated/α-hetero) is 1. The van der Waals surface area contributed by atoms with E-state index in [9.17, 15) is 4.79 Å². The summed E-state index contributed by atoms with van der Waals surface area (Å²) in [6.45, 7) is 6.50. The molecular weight excluding hydrogens is 244 g/mol. The largest absolute Gasteiger partial charge is 0.294 e. The first-order valence-corrected chi connectivity index (χ1v) is 7.17. The van der Waals surface area contributed by atoms with Crippen LogP contribution in [0.25, 0.3) is 0 Å². The maximum atomic E-state index is 12.5. The summed E-state index contributed by atoms with van der Waals surface area (Å²) in [7, 11) is 0. The summed E-state index contributed by atoms with van der Waals surface area (Å²) in [5.41, 5.74) is 1.80. The van der Waals surface area contributed by atoms with Crippen LogP contribution in [0.1, 0.15) is 49.0 Å². The summed E-state index contributed by atoms with van der Waals surface area (Å²) in [6, 6.07) is 5.67. The minimum Gasteiger partial charge on any atom is -0.294 e. The van der Waals surface area contributed by atoms with Gasteiger partial charge in [-0.05, 0) is 49.7 Å². The van der Waals surface area contributed by atoms with Gasteiger partial charge in [-0.3, -0.25) is 4.79 Å². The van der Waals surface area contributed by atoms with Crippen LogP contribution in [0.3, 0.4) is 0 Å². The lowest BCUT2D eigenvalue weighted by Crippen LogP contribution is -2.26. The monoisotopic (exact) mass is 264 g/mol. The Balaban J connectivity index is 2.14. The minimum atomic E-state index is 0.190. The second kappa shape index (κ2) is 5.44. The van der Waals surface area contributed by atoms with Crippen molar-refractivity contribution in [3.05, 3.63) is 34.3 Å². The van der Waals surface area contributed by atoms with E-state index in [2.05, 4.69) is 13.8 Å². The number of ketones is 1. The van der Waals surface area contributed by atoms with Crippen LogP contribution < -0.4 is 0 Å². The number of halogens is 1. The summed E-state index contributed by atoms with van der Waals surface area (Å²) < 4.78 is 0. The van der Waals surface area contributed by atoms with Gasteiger partial charge in [-0.1, -0.05) is 37.6 Å².